The van der Waals surface area contributed by atoms with Crippen molar-refractivity contribution in [3.8, 4) is 0 Å². The molecule has 1 aromatic rings. The van der Waals surface area contributed by atoms with Gasteiger partial charge in [-0.05, 0) is 24.0 Å². The van der Waals surface area contributed by atoms with Crippen LogP contribution in [-0.2, 0) is 6.42 Å². The number of benzene rings is 1. The zero-order valence-electron chi connectivity index (χ0n) is 10.5. The smallest absolute Gasteiger partial charge is 0.129 e. The maximum absolute atomic E-state index is 13.4. The van der Waals surface area contributed by atoms with Gasteiger partial charge in [-0.3, -0.25) is 0 Å². The summed E-state index contributed by atoms with van der Waals surface area (Å²) in [5.74, 6) is -0.562. The average molecular weight is 254 g/mol. The topological polar surface area (TPSA) is 20.2 Å². The van der Waals surface area contributed by atoms with E-state index < -0.39 is 17.7 Å². The van der Waals surface area contributed by atoms with Gasteiger partial charge >= 0.3 is 0 Å². The second-order valence-electron chi connectivity index (χ2n) is 5.33. The van der Waals surface area contributed by atoms with E-state index in [4.69, 9.17) is 0 Å². The third-order valence-electron chi connectivity index (χ3n) is 3.80. The van der Waals surface area contributed by atoms with E-state index in [0.717, 1.165) is 12.5 Å². The first kappa shape index (κ1) is 13.5. The molecule has 0 aliphatic heterocycles. The van der Waals surface area contributed by atoms with E-state index in [1.807, 2.05) is 0 Å². The van der Waals surface area contributed by atoms with Gasteiger partial charge in [0, 0.05) is 12.5 Å². The Kier molecular flexibility index (Phi) is 4.70. The Bertz CT molecular complexity index is 386. The summed E-state index contributed by atoms with van der Waals surface area (Å²) in [5.41, 5.74) is 0.403. The van der Waals surface area contributed by atoms with Crippen molar-refractivity contribution in [2.75, 3.05) is 0 Å². The van der Waals surface area contributed by atoms with Crippen molar-refractivity contribution < 1.29 is 13.9 Å². The molecule has 18 heavy (non-hydrogen) atoms. The van der Waals surface area contributed by atoms with Gasteiger partial charge in [-0.2, -0.15) is 0 Å². The number of hydrogen-bond donors (Lipinski definition) is 1. The van der Waals surface area contributed by atoms with Gasteiger partial charge < -0.3 is 5.11 Å². The molecule has 0 radical (unpaired) electrons. The zero-order valence-corrected chi connectivity index (χ0v) is 10.5. The average Bonchev–Trinajstić information content (AvgIpc) is 2.34. The van der Waals surface area contributed by atoms with Crippen LogP contribution in [0.4, 0.5) is 8.78 Å². The molecule has 1 aromatic carbocycles. The summed E-state index contributed by atoms with van der Waals surface area (Å²) in [4.78, 5) is 0. The third-order valence-corrected chi connectivity index (χ3v) is 3.80. The van der Waals surface area contributed by atoms with E-state index in [1.54, 1.807) is 0 Å². The van der Waals surface area contributed by atoms with Crippen LogP contribution >= 0.6 is 0 Å². The largest absolute Gasteiger partial charge is 0.393 e. The van der Waals surface area contributed by atoms with Gasteiger partial charge in [-0.15, -0.1) is 0 Å². The summed E-state index contributed by atoms with van der Waals surface area (Å²) < 4.78 is 26.2. The Hall–Kier alpha value is -0.960. The van der Waals surface area contributed by atoms with Crippen molar-refractivity contribution in [3.05, 3.63) is 35.4 Å². The summed E-state index contributed by atoms with van der Waals surface area (Å²) in [6.07, 6.45) is 6.60. The minimum absolute atomic E-state index is 0.280. The van der Waals surface area contributed by atoms with Crippen molar-refractivity contribution in [2.24, 2.45) is 5.92 Å². The summed E-state index contributed by atoms with van der Waals surface area (Å²) in [5, 5.41) is 9.99. The van der Waals surface area contributed by atoms with E-state index >= 15 is 0 Å². The number of halogens is 2. The van der Waals surface area contributed by atoms with Crippen molar-refractivity contribution in [1.29, 1.82) is 0 Å². The van der Waals surface area contributed by atoms with Crippen molar-refractivity contribution >= 4 is 0 Å². The molecule has 0 aromatic heterocycles. The number of hydrogen-bond acceptors (Lipinski definition) is 1. The fraction of sp³-hybridized carbons (Fsp3) is 0.600. The molecular weight excluding hydrogens is 234 g/mol. The lowest BCUT2D eigenvalue weighted by Crippen LogP contribution is -2.18. The molecule has 3 heteroatoms. The van der Waals surface area contributed by atoms with Gasteiger partial charge in [0.25, 0.3) is 0 Å². The predicted molar refractivity (Wildman–Crippen MR) is 67.3 cm³/mol. The van der Waals surface area contributed by atoms with Gasteiger partial charge in [0.2, 0.25) is 0 Å². The fourth-order valence-electron chi connectivity index (χ4n) is 2.83. The van der Waals surface area contributed by atoms with Gasteiger partial charge in [0.1, 0.15) is 11.6 Å². The lowest BCUT2D eigenvalue weighted by atomic mass is 9.84. The lowest BCUT2D eigenvalue weighted by molar-refractivity contribution is 0.129. The minimum Gasteiger partial charge on any atom is -0.393 e. The van der Waals surface area contributed by atoms with Crippen LogP contribution in [0.25, 0.3) is 0 Å². The monoisotopic (exact) mass is 254 g/mol. The Morgan fingerprint density at radius 3 is 2.56 bits per heavy atom. The first-order valence-corrected chi connectivity index (χ1v) is 6.77. The normalized spacial score (nSPS) is 18.8. The van der Waals surface area contributed by atoms with Crippen molar-refractivity contribution in [1.82, 2.24) is 0 Å². The second kappa shape index (κ2) is 6.28. The Balaban J connectivity index is 1.87. The number of aliphatic hydroxyl groups is 1. The molecule has 1 nitrogen and oxygen atoms in total. The first-order valence-electron chi connectivity index (χ1n) is 6.77. The standard InChI is InChI=1S/C15H20F2O/c16-13-7-6-12(15(17)10-13)9-14(18)8-11-4-2-1-3-5-11/h6-7,10-11,14,18H,1-5,8-9H2. The molecule has 2 rings (SSSR count). The molecule has 1 aliphatic carbocycles. The Morgan fingerprint density at radius 1 is 1.17 bits per heavy atom. The molecule has 1 fully saturated rings. The maximum Gasteiger partial charge on any atom is 0.129 e. The van der Waals surface area contributed by atoms with Crippen molar-refractivity contribution in [2.45, 2.75) is 51.0 Å². The van der Waals surface area contributed by atoms with E-state index in [0.29, 0.717) is 11.5 Å². The quantitative estimate of drug-likeness (QED) is 0.865. The van der Waals surface area contributed by atoms with Gasteiger partial charge in [-0.25, -0.2) is 8.78 Å². The summed E-state index contributed by atoms with van der Waals surface area (Å²) in [7, 11) is 0. The second-order valence-corrected chi connectivity index (χ2v) is 5.33. The van der Waals surface area contributed by atoms with Crippen LogP contribution in [0.3, 0.4) is 0 Å². The molecule has 1 aliphatic rings. The highest BCUT2D eigenvalue weighted by atomic mass is 19.1. The fourth-order valence-corrected chi connectivity index (χ4v) is 2.83. The van der Waals surface area contributed by atoms with E-state index in [9.17, 15) is 13.9 Å². The van der Waals surface area contributed by atoms with Crippen LogP contribution in [0.2, 0.25) is 0 Å². The molecule has 0 heterocycles. The Morgan fingerprint density at radius 2 is 1.89 bits per heavy atom. The van der Waals surface area contributed by atoms with Crippen LogP contribution in [0.5, 0.6) is 0 Å². The minimum atomic E-state index is -0.571. The first-order chi connectivity index (χ1) is 8.65. The highest BCUT2D eigenvalue weighted by molar-refractivity contribution is 5.19. The summed E-state index contributed by atoms with van der Waals surface area (Å²) in [6.45, 7) is 0. The summed E-state index contributed by atoms with van der Waals surface area (Å²) in [6, 6.07) is 3.54. The van der Waals surface area contributed by atoms with Crippen molar-refractivity contribution in [3.63, 3.8) is 0 Å². The SMILES string of the molecule is OC(Cc1ccc(F)cc1F)CC1CCCCC1. The Labute approximate surface area is 107 Å². The van der Waals surface area contributed by atoms with E-state index in [2.05, 4.69) is 0 Å². The molecule has 1 atom stereocenters. The third kappa shape index (κ3) is 3.77. The van der Waals surface area contributed by atoms with Gasteiger partial charge in [0.15, 0.2) is 0 Å². The highest BCUT2D eigenvalue weighted by Gasteiger charge is 2.18. The number of rotatable bonds is 4. The zero-order chi connectivity index (χ0) is 13.0. The van der Waals surface area contributed by atoms with Crippen LogP contribution in [0, 0.1) is 17.6 Å². The highest BCUT2D eigenvalue weighted by Crippen LogP contribution is 2.28. The molecule has 1 saturated carbocycles. The molecule has 0 bridgehead atoms. The molecule has 100 valence electrons. The predicted octanol–water partition coefficient (Wildman–Crippen LogP) is 3.84. The maximum atomic E-state index is 13.4. The molecule has 0 saturated heterocycles. The molecule has 1 unspecified atom stereocenters. The molecule has 0 amide bonds. The summed E-state index contributed by atoms with van der Waals surface area (Å²) >= 11 is 0. The van der Waals surface area contributed by atoms with Gasteiger partial charge in [-0.1, -0.05) is 38.2 Å². The van der Waals surface area contributed by atoms with Crippen LogP contribution < -0.4 is 0 Å². The van der Waals surface area contributed by atoms with E-state index in [-0.39, 0.29) is 6.42 Å². The van der Waals surface area contributed by atoms with Gasteiger partial charge in [0.05, 0.1) is 6.10 Å². The van der Waals surface area contributed by atoms with E-state index in [1.165, 1.54) is 44.2 Å². The van der Waals surface area contributed by atoms with Crippen LogP contribution in [-0.4, -0.2) is 11.2 Å². The number of aliphatic hydroxyl groups excluding tert-OH is 1. The molecule has 0 spiro atoms. The van der Waals surface area contributed by atoms with Crippen LogP contribution in [0.1, 0.15) is 44.1 Å². The lowest BCUT2D eigenvalue weighted by Gasteiger charge is -2.24. The molecule has 1 N–H and O–H groups in total. The van der Waals surface area contributed by atoms with Crippen LogP contribution in [0.15, 0.2) is 18.2 Å². The molecular formula is C15H20F2O.